The molecule has 1 heterocycles. The van der Waals surface area contributed by atoms with E-state index in [-0.39, 0.29) is 5.91 Å². The van der Waals surface area contributed by atoms with Gasteiger partial charge in [0.2, 0.25) is 0 Å². The largest absolute Gasteiger partial charge is 0.349 e. The molecule has 2 rings (SSSR count). The highest BCUT2D eigenvalue weighted by Gasteiger charge is 2.18. The molecular weight excluding hydrogens is 270 g/mol. The van der Waals surface area contributed by atoms with Gasteiger partial charge in [0.15, 0.2) is 4.47 Å². The summed E-state index contributed by atoms with van der Waals surface area (Å²) in [7, 11) is 0. The predicted octanol–water partition coefficient (Wildman–Crippen LogP) is 2.15. The summed E-state index contributed by atoms with van der Waals surface area (Å²) in [6.45, 7) is 0.812. The summed E-state index contributed by atoms with van der Waals surface area (Å²) >= 11 is 7.19. The molecule has 94 valence electrons. The van der Waals surface area contributed by atoms with Gasteiger partial charge in [0.25, 0.3) is 5.91 Å². The Balaban J connectivity index is 2.34. The van der Waals surface area contributed by atoms with Gasteiger partial charge in [-0.3, -0.25) is 4.79 Å². The molecule has 0 aliphatic carbocycles. The van der Waals surface area contributed by atoms with Crippen LogP contribution in [0.15, 0.2) is 30.3 Å². The number of benzene rings is 1. The summed E-state index contributed by atoms with van der Waals surface area (Å²) in [6, 6.07) is 9.57. The maximum atomic E-state index is 11.9. The number of thiazole rings is 1. The molecule has 0 unspecified atom stereocenters. The number of nitrogens with two attached hydrogens (primary N) is 1. The maximum absolute atomic E-state index is 11.9. The van der Waals surface area contributed by atoms with Gasteiger partial charge in [0.1, 0.15) is 5.69 Å². The van der Waals surface area contributed by atoms with Crippen LogP contribution in [-0.2, 0) is 0 Å². The molecule has 0 radical (unpaired) electrons. The van der Waals surface area contributed by atoms with Crippen molar-refractivity contribution in [2.75, 3.05) is 13.1 Å². The summed E-state index contributed by atoms with van der Waals surface area (Å²) in [6.07, 6.45) is 0. The van der Waals surface area contributed by atoms with Gasteiger partial charge in [0, 0.05) is 13.1 Å². The highest BCUT2D eigenvalue weighted by atomic mass is 35.5. The van der Waals surface area contributed by atoms with E-state index < -0.39 is 0 Å². The molecule has 6 heteroatoms. The van der Waals surface area contributed by atoms with E-state index in [0.29, 0.717) is 23.3 Å². The first-order valence-corrected chi connectivity index (χ1v) is 6.62. The van der Waals surface area contributed by atoms with Gasteiger partial charge >= 0.3 is 0 Å². The third-order valence-corrected chi connectivity index (χ3v) is 3.49. The first-order chi connectivity index (χ1) is 8.72. The van der Waals surface area contributed by atoms with E-state index in [2.05, 4.69) is 10.3 Å². The van der Waals surface area contributed by atoms with Gasteiger partial charge in [-0.05, 0) is 5.56 Å². The molecule has 1 aromatic carbocycles. The average Bonchev–Trinajstić information content (AvgIpc) is 2.79. The molecular formula is C12H12ClN3OS. The molecule has 0 bridgehead atoms. The van der Waals surface area contributed by atoms with E-state index in [1.807, 2.05) is 30.3 Å². The lowest BCUT2D eigenvalue weighted by molar-refractivity contribution is 0.0951. The Morgan fingerprint density at radius 1 is 1.39 bits per heavy atom. The Morgan fingerprint density at radius 2 is 2.11 bits per heavy atom. The number of hydrogen-bond acceptors (Lipinski definition) is 4. The van der Waals surface area contributed by atoms with E-state index in [0.717, 1.165) is 10.4 Å². The van der Waals surface area contributed by atoms with Crippen LogP contribution in [0, 0.1) is 0 Å². The number of halogens is 1. The van der Waals surface area contributed by atoms with Gasteiger partial charge in [-0.1, -0.05) is 41.9 Å². The van der Waals surface area contributed by atoms with Crippen molar-refractivity contribution in [3.63, 3.8) is 0 Å². The summed E-state index contributed by atoms with van der Waals surface area (Å²) in [5.41, 5.74) is 6.63. The van der Waals surface area contributed by atoms with E-state index in [1.54, 1.807) is 0 Å². The number of nitrogens with one attached hydrogen (secondary N) is 1. The van der Waals surface area contributed by atoms with Crippen LogP contribution in [0.25, 0.3) is 10.4 Å². The van der Waals surface area contributed by atoms with E-state index in [1.165, 1.54) is 11.3 Å². The molecule has 1 aromatic heterocycles. The Kier molecular flexibility index (Phi) is 4.30. The molecule has 0 aliphatic rings. The topological polar surface area (TPSA) is 68.0 Å². The number of hydrogen-bond donors (Lipinski definition) is 2. The molecule has 0 aliphatic heterocycles. The lowest BCUT2D eigenvalue weighted by Crippen LogP contribution is -2.29. The zero-order valence-electron chi connectivity index (χ0n) is 9.52. The first kappa shape index (κ1) is 13.0. The van der Waals surface area contributed by atoms with Crippen molar-refractivity contribution >= 4 is 28.8 Å². The number of carbonyl (C=O) groups excluding carboxylic acids is 1. The van der Waals surface area contributed by atoms with Crippen LogP contribution in [0.3, 0.4) is 0 Å². The minimum atomic E-state index is -0.248. The second-order valence-electron chi connectivity index (χ2n) is 3.56. The molecule has 18 heavy (non-hydrogen) atoms. The predicted molar refractivity (Wildman–Crippen MR) is 73.9 cm³/mol. The van der Waals surface area contributed by atoms with Crippen LogP contribution in [0.5, 0.6) is 0 Å². The average molecular weight is 282 g/mol. The second kappa shape index (κ2) is 5.95. The van der Waals surface area contributed by atoms with Gasteiger partial charge in [-0.2, -0.15) is 0 Å². The highest BCUT2D eigenvalue weighted by molar-refractivity contribution is 7.19. The number of carbonyl (C=O) groups is 1. The van der Waals surface area contributed by atoms with Gasteiger partial charge in [-0.15, -0.1) is 11.3 Å². The minimum absolute atomic E-state index is 0.248. The Hall–Kier alpha value is -1.43. The molecule has 0 spiro atoms. The molecule has 4 nitrogen and oxygen atoms in total. The second-order valence-corrected chi connectivity index (χ2v) is 5.14. The molecule has 2 aromatic rings. The van der Waals surface area contributed by atoms with Crippen LogP contribution >= 0.6 is 22.9 Å². The molecule has 3 N–H and O–H groups in total. The third kappa shape index (κ3) is 2.87. The standard InChI is InChI=1S/C12H12ClN3OS/c13-12-16-9(11(17)15-7-6-14)10(18-12)8-4-2-1-3-5-8/h1-5H,6-7,14H2,(H,15,17). The van der Waals surface area contributed by atoms with Crippen molar-refractivity contribution in [2.45, 2.75) is 0 Å². The summed E-state index contributed by atoms with van der Waals surface area (Å²) in [4.78, 5) is 16.8. The summed E-state index contributed by atoms with van der Waals surface area (Å²) in [5.74, 6) is -0.248. The van der Waals surface area contributed by atoms with Gasteiger partial charge in [0.05, 0.1) is 4.88 Å². The quantitative estimate of drug-likeness (QED) is 0.902. The monoisotopic (exact) mass is 281 g/mol. The molecule has 1 amide bonds. The normalized spacial score (nSPS) is 10.3. The maximum Gasteiger partial charge on any atom is 0.271 e. The fourth-order valence-corrected chi connectivity index (χ4v) is 2.61. The number of aromatic nitrogens is 1. The van der Waals surface area contributed by atoms with Crippen molar-refractivity contribution in [1.29, 1.82) is 0 Å². The molecule has 0 saturated carbocycles. The van der Waals surface area contributed by atoms with E-state index in [4.69, 9.17) is 17.3 Å². The fraction of sp³-hybridized carbons (Fsp3) is 0.167. The van der Waals surface area contributed by atoms with Gasteiger partial charge < -0.3 is 11.1 Å². The van der Waals surface area contributed by atoms with E-state index in [9.17, 15) is 4.79 Å². The van der Waals surface area contributed by atoms with Crippen LogP contribution in [0.4, 0.5) is 0 Å². The summed E-state index contributed by atoms with van der Waals surface area (Å²) in [5, 5.41) is 2.69. The lowest BCUT2D eigenvalue weighted by Gasteiger charge is -2.03. The molecule has 0 saturated heterocycles. The zero-order chi connectivity index (χ0) is 13.0. The van der Waals surface area contributed by atoms with E-state index >= 15 is 0 Å². The Morgan fingerprint density at radius 3 is 2.78 bits per heavy atom. The lowest BCUT2D eigenvalue weighted by atomic mass is 10.1. The molecule has 0 atom stereocenters. The van der Waals surface area contributed by atoms with Crippen LogP contribution in [-0.4, -0.2) is 24.0 Å². The fourth-order valence-electron chi connectivity index (χ4n) is 1.50. The van der Waals surface area contributed by atoms with Gasteiger partial charge in [-0.25, -0.2) is 4.98 Å². The minimum Gasteiger partial charge on any atom is -0.349 e. The third-order valence-electron chi connectivity index (χ3n) is 2.28. The summed E-state index contributed by atoms with van der Waals surface area (Å²) < 4.78 is 0.353. The van der Waals surface area contributed by atoms with Crippen molar-refractivity contribution in [3.05, 3.63) is 40.5 Å². The van der Waals surface area contributed by atoms with Crippen molar-refractivity contribution < 1.29 is 4.79 Å². The first-order valence-electron chi connectivity index (χ1n) is 5.42. The van der Waals surface area contributed by atoms with Crippen LogP contribution in [0.1, 0.15) is 10.5 Å². The van der Waals surface area contributed by atoms with Crippen LogP contribution < -0.4 is 11.1 Å². The number of nitrogens with zero attached hydrogens (tertiary/aromatic N) is 1. The van der Waals surface area contributed by atoms with Crippen molar-refractivity contribution in [1.82, 2.24) is 10.3 Å². The Labute approximate surface area is 114 Å². The molecule has 0 fully saturated rings. The van der Waals surface area contributed by atoms with Crippen LogP contribution in [0.2, 0.25) is 4.47 Å². The number of amides is 1. The smallest absolute Gasteiger partial charge is 0.271 e. The highest BCUT2D eigenvalue weighted by Crippen LogP contribution is 2.32. The van der Waals surface area contributed by atoms with Crippen molar-refractivity contribution in [2.24, 2.45) is 5.73 Å². The van der Waals surface area contributed by atoms with Crippen molar-refractivity contribution in [3.8, 4) is 10.4 Å². The number of rotatable bonds is 4. The SMILES string of the molecule is NCCNC(=O)c1nc(Cl)sc1-c1ccccc1. The zero-order valence-corrected chi connectivity index (χ0v) is 11.1. The Bertz CT molecular complexity index is 542.